The first kappa shape index (κ1) is 26.1. The third-order valence-corrected chi connectivity index (χ3v) is 6.26. The second-order valence-electron chi connectivity index (χ2n) is 9.47. The van der Waals surface area contributed by atoms with E-state index in [1.54, 1.807) is 37.0 Å². The maximum Gasteiger partial charge on any atom is 0.296 e. The van der Waals surface area contributed by atoms with Crippen molar-refractivity contribution in [3.05, 3.63) is 87.1 Å². The number of nitrogens with zero attached hydrogens (tertiary/aromatic N) is 5. The lowest BCUT2D eigenvalue weighted by molar-refractivity contribution is 0.0577. The van der Waals surface area contributed by atoms with Gasteiger partial charge in [0.15, 0.2) is 5.69 Å². The molecule has 0 saturated carbocycles. The van der Waals surface area contributed by atoms with Gasteiger partial charge in [0.25, 0.3) is 11.5 Å². The number of aromatic nitrogens is 5. The summed E-state index contributed by atoms with van der Waals surface area (Å²) < 4.78 is 7.55. The van der Waals surface area contributed by atoms with Crippen molar-refractivity contribution in [1.82, 2.24) is 24.5 Å². The average Bonchev–Trinajstić information content (AvgIpc) is 3.50. The molecule has 3 aromatic heterocycles. The molecule has 2 unspecified atom stereocenters. The molecule has 12 heteroatoms. The summed E-state index contributed by atoms with van der Waals surface area (Å²) in [6.45, 7) is 5.48. The first-order valence-electron chi connectivity index (χ1n) is 11.5. The molecule has 0 saturated heterocycles. The summed E-state index contributed by atoms with van der Waals surface area (Å²) in [4.78, 5) is 30.2. The van der Waals surface area contributed by atoms with Gasteiger partial charge < -0.3 is 20.1 Å². The molecule has 4 rings (SSSR count). The van der Waals surface area contributed by atoms with Gasteiger partial charge in [0.1, 0.15) is 17.8 Å². The van der Waals surface area contributed by atoms with Gasteiger partial charge in [-0.25, -0.2) is 4.98 Å². The molecule has 3 N–H and O–H groups in total. The molecule has 11 nitrogen and oxygen atoms in total. The minimum absolute atomic E-state index is 0.245. The summed E-state index contributed by atoms with van der Waals surface area (Å²) in [5.41, 5.74) is -0.413. The van der Waals surface area contributed by atoms with E-state index in [4.69, 9.17) is 16.1 Å². The van der Waals surface area contributed by atoms with Crippen LogP contribution in [0.4, 0.5) is 5.69 Å². The minimum Gasteiger partial charge on any atom is -0.501 e. The maximum atomic E-state index is 12.9. The molecule has 37 heavy (non-hydrogen) atoms. The Labute approximate surface area is 217 Å². The topological polar surface area (TPSA) is 148 Å². The van der Waals surface area contributed by atoms with Crippen molar-refractivity contribution in [2.75, 3.05) is 5.32 Å². The first-order chi connectivity index (χ1) is 17.5. The van der Waals surface area contributed by atoms with Crippen molar-refractivity contribution < 1.29 is 19.5 Å². The number of amides is 1. The zero-order valence-corrected chi connectivity index (χ0v) is 21.5. The third kappa shape index (κ3) is 5.57. The van der Waals surface area contributed by atoms with Crippen molar-refractivity contribution in [3.8, 4) is 5.75 Å². The van der Waals surface area contributed by atoms with Gasteiger partial charge in [-0.1, -0.05) is 41.9 Å². The number of rotatable bonds is 8. The van der Waals surface area contributed by atoms with E-state index in [0.29, 0.717) is 5.02 Å². The van der Waals surface area contributed by atoms with E-state index in [-0.39, 0.29) is 18.1 Å². The SMILES string of the molecule is CC(c1nc(C(=O)Nc2cnoc2)c(O)c(=O)n1C)C(c1cnn(CC(C)(C)O)c1)c1ccccc1Cl. The van der Waals surface area contributed by atoms with Crippen molar-refractivity contribution >= 4 is 23.2 Å². The number of nitrogens with one attached hydrogen (secondary N) is 1. The van der Waals surface area contributed by atoms with Crippen LogP contribution in [0.1, 0.15) is 60.0 Å². The Morgan fingerprint density at radius 3 is 2.65 bits per heavy atom. The van der Waals surface area contributed by atoms with Crippen LogP contribution in [-0.2, 0) is 13.6 Å². The van der Waals surface area contributed by atoms with E-state index in [0.717, 1.165) is 11.1 Å². The Morgan fingerprint density at radius 2 is 2.00 bits per heavy atom. The molecule has 4 aromatic rings. The normalized spacial score (nSPS) is 13.4. The summed E-state index contributed by atoms with van der Waals surface area (Å²) in [5, 5.41) is 31.6. The van der Waals surface area contributed by atoms with Crippen LogP contribution in [0, 0.1) is 0 Å². The van der Waals surface area contributed by atoms with E-state index in [2.05, 4.69) is 20.6 Å². The molecule has 1 aromatic carbocycles. The molecule has 0 aliphatic heterocycles. The van der Waals surface area contributed by atoms with Crippen LogP contribution in [0.3, 0.4) is 0 Å². The van der Waals surface area contributed by atoms with Gasteiger partial charge >= 0.3 is 0 Å². The predicted molar refractivity (Wildman–Crippen MR) is 136 cm³/mol. The van der Waals surface area contributed by atoms with E-state index in [9.17, 15) is 19.8 Å². The second-order valence-corrected chi connectivity index (χ2v) is 9.88. The highest BCUT2D eigenvalue weighted by atomic mass is 35.5. The number of carbonyl (C=O) groups is 1. The largest absolute Gasteiger partial charge is 0.501 e. The van der Waals surface area contributed by atoms with Gasteiger partial charge in [-0.05, 0) is 31.0 Å². The fourth-order valence-corrected chi connectivity index (χ4v) is 4.52. The fraction of sp³-hybridized carbons (Fsp3) is 0.320. The average molecular weight is 527 g/mol. The van der Waals surface area contributed by atoms with E-state index in [1.165, 1.54) is 24.1 Å². The number of hydrogen-bond acceptors (Lipinski definition) is 8. The molecule has 0 radical (unpaired) electrons. The second kappa shape index (κ2) is 10.2. The van der Waals surface area contributed by atoms with Crippen LogP contribution < -0.4 is 10.9 Å². The number of halogens is 1. The molecule has 3 heterocycles. The van der Waals surface area contributed by atoms with E-state index >= 15 is 0 Å². The van der Waals surface area contributed by atoms with E-state index < -0.39 is 40.3 Å². The number of aliphatic hydroxyl groups is 1. The van der Waals surface area contributed by atoms with Crippen LogP contribution in [0.15, 0.2) is 58.4 Å². The molecule has 0 fully saturated rings. The fourth-order valence-electron chi connectivity index (χ4n) is 4.27. The molecule has 0 aliphatic rings. The monoisotopic (exact) mass is 526 g/mol. The van der Waals surface area contributed by atoms with Gasteiger partial charge in [0.2, 0.25) is 5.75 Å². The van der Waals surface area contributed by atoms with Gasteiger partial charge in [0.05, 0.1) is 24.5 Å². The molecular formula is C25H27ClN6O5. The summed E-state index contributed by atoms with van der Waals surface area (Å²) in [5.74, 6) is -2.25. The summed E-state index contributed by atoms with van der Waals surface area (Å²) >= 11 is 6.60. The van der Waals surface area contributed by atoms with Crippen LogP contribution in [-0.4, -0.2) is 46.2 Å². The molecule has 194 valence electrons. The Bertz CT molecular complexity index is 1470. The first-order valence-corrected chi connectivity index (χ1v) is 11.8. The number of anilines is 1. The van der Waals surface area contributed by atoms with E-state index in [1.807, 2.05) is 25.1 Å². The third-order valence-electron chi connectivity index (χ3n) is 5.92. The highest BCUT2D eigenvalue weighted by molar-refractivity contribution is 6.31. The standard InChI is InChI=1S/C25H27ClN6O5/c1-14(22-30-20(21(33)24(35)31(22)4)23(34)29-16-10-28-37-12-16)19(17-7-5-6-8-18(17)26)15-9-27-32(11-15)13-25(2,3)36/h5-12,14,19,33,36H,13H2,1-4H3,(H,29,34). The highest BCUT2D eigenvalue weighted by Gasteiger charge is 2.31. The Kier molecular flexibility index (Phi) is 7.19. The van der Waals surface area contributed by atoms with Crippen LogP contribution in [0.5, 0.6) is 5.75 Å². The molecule has 0 bridgehead atoms. The van der Waals surface area contributed by atoms with Crippen LogP contribution >= 0.6 is 11.6 Å². The smallest absolute Gasteiger partial charge is 0.296 e. The lowest BCUT2D eigenvalue weighted by atomic mass is 9.82. The zero-order valence-electron chi connectivity index (χ0n) is 20.7. The van der Waals surface area contributed by atoms with Crippen molar-refractivity contribution in [1.29, 1.82) is 0 Å². The highest BCUT2D eigenvalue weighted by Crippen LogP contribution is 2.40. The predicted octanol–water partition coefficient (Wildman–Crippen LogP) is 3.28. The summed E-state index contributed by atoms with van der Waals surface area (Å²) in [6, 6.07) is 7.30. The zero-order chi connectivity index (χ0) is 26.9. The summed E-state index contributed by atoms with van der Waals surface area (Å²) in [7, 11) is 1.48. The Balaban J connectivity index is 1.81. The number of carbonyl (C=O) groups excluding carboxylic acids is 1. The number of benzene rings is 1. The van der Waals surface area contributed by atoms with Crippen LogP contribution in [0.2, 0.25) is 5.02 Å². The maximum absolute atomic E-state index is 12.9. The molecule has 1 amide bonds. The molecular weight excluding hydrogens is 500 g/mol. The Hall–Kier alpha value is -3.96. The van der Waals surface area contributed by atoms with Crippen molar-refractivity contribution in [2.24, 2.45) is 7.05 Å². The molecule has 0 aliphatic carbocycles. The molecule has 2 atom stereocenters. The number of aromatic hydroxyl groups is 1. The van der Waals surface area contributed by atoms with Crippen LogP contribution in [0.25, 0.3) is 0 Å². The lowest BCUT2D eigenvalue weighted by Gasteiger charge is -2.26. The lowest BCUT2D eigenvalue weighted by Crippen LogP contribution is -2.29. The quantitative estimate of drug-likeness (QED) is 0.317. The van der Waals surface area contributed by atoms with Crippen molar-refractivity contribution in [2.45, 2.75) is 44.8 Å². The molecule has 0 spiro atoms. The minimum atomic E-state index is -0.982. The van der Waals surface area contributed by atoms with Gasteiger partial charge in [-0.15, -0.1) is 0 Å². The van der Waals surface area contributed by atoms with Gasteiger partial charge in [-0.3, -0.25) is 18.8 Å². The van der Waals surface area contributed by atoms with Gasteiger partial charge in [-0.2, -0.15) is 5.10 Å². The Morgan fingerprint density at radius 1 is 1.27 bits per heavy atom. The van der Waals surface area contributed by atoms with Crippen molar-refractivity contribution in [3.63, 3.8) is 0 Å². The number of hydrogen-bond donors (Lipinski definition) is 3. The summed E-state index contributed by atoms with van der Waals surface area (Å²) in [6.07, 6.45) is 5.96. The van der Waals surface area contributed by atoms with Gasteiger partial charge in [0, 0.05) is 30.1 Å².